The number of fused-ring (bicyclic) bond motifs is 2. The molecule has 0 N–H and O–H groups in total. The summed E-state index contributed by atoms with van der Waals surface area (Å²) in [5.74, 6) is 4.82. The molecule has 180 valence electrons. The molecule has 1 aliphatic heterocycles. The van der Waals surface area contributed by atoms with Crippen molar-refractivity contribution in [2.75, 3.05) is 60.3 Å². The largest absolute Gasteiger partial charge is 0.493 e. The third-order valence-electron chi connectivity index (χ3n) is 9.03. The summed E-state index contributed by atoms with van der Waals surface area (Å²) in [6.07, 6.45) is 2.78. The van der Waals surface area contributed by atoms with Gasteiger partial charge in [0.05, 0.1) is 34.0 Å². The highest BCUT2D eigenvalue weighted by atomic mass is 79.9. The van der Waals surface area contributed by atoms with E-state index in [1.807, 2.05) is 6.07 Å². The molecule has 3 aliphatic carbocycles. The minimum absolute atomic E-state index is 0.547. The van der Waals surface area contributed by atoms with Gasteiger partial charge in [0, 0.05) is 16.6 Å². The fraction of sp³-hybridized carbons (Fsp3) is 0.769. The second-order valence-corrected chi connectivity index (χ2v) is 11.7. The Kier molecular flexibility index (Phi) is 7.45. The van der Waals surface area contributed by atoms with E-state index in [0.717, 1.165) is 96.7 Å². The van der Waals surface area contributed by atoms with Gasteiger partial charge in [-0.25, -0.2) is 0 Å². The van der Waals surface area contributed by atoms with Crippen molar-refractivity contribution in [2.45, 2.75) is 40.2 Å². The number of benzene rings is 1. The van der Waals surface area contributed by atoms with Crippen molar-refractivity contribution in [1.82, 2.24) is 0 Å². The van der Waals surface area contributed by atoms with Gasteiger partial charge in [0.1, 0.15) is 26.2 Å². The lowest BCUT2D eigenvalue weighted by Gasteiger charge is -2.62. The van der Waals surface area contributed by atoms with Crippen molar-refractivity contribution in [3.05, 3.63) is 22.2 Å². The molecular formula is C26H41BrNO4+. The van der Waals surface area contributed by atoms with Gasteiger partial charge in [0.25, 0.3) is 0 Å². The maximum atomic E-state index is 6.34. The average molecular weight is 512 g/mol. The third kappa shape index (κ3) is 4.70. The molecule has 1 aromatic carbocycles. The molecule has 4 fully saturated rings. The molecule has 0 aromatic heterocycles. The molecular weight excluding hydrogens is 470 g/mol. The second kappa shape index (κ2) is 9.81. The van der Waals surface area contributed by atoms with Crippen molar-refractivity contribution in [1.29, 1.82) is 0 Å². The molecule has 2 bridgehead atoms. The first-order valence-corrected chi connectivity index (χ1v) is 13.0. The Morgan fingerprint density at radius 1 is 1.09 bits per heavy atom. The van der Waals surface area contributed by atoms with Gasteiger partial charge >= 0.3 is 0 Å². The number of hydrogen-bond donors (Lipinski definition) is 0. The fourth-order valence-corrected chi connectivity index (χ4v) is 6.99. The Morgan fingerprint density at radius 3 is 2.41 bits per heavy atom. The normalized spacial score (nSPS) is 30.4. The van der Waals surface area contributed by atoms with Gasteiger partial charge in [0.2, 0.25) is 0 Å². The molecule has 5 nitrogen and oxygen atoms in total. The molecule has 0 amide bonds. The number of nitrogens with zero attached hydrogens (tertiary/aromatic N) is 1. The van der Waals surface area contributed by atoms with Crippen LogP contribution in [-0.4, -0.2) is 64.8 Å². The Morgan fingerprint density at radius 2 is 1.78 bits per heavy atom. The van der Waals surface area contributed by atoms with Gasteiger partial charge in [0.15, 0.2) is 11.5 Å². The van der Waals surface area contributed by atoms with Crippen molar-refractivity contribution in [3.63, 3.8) is 0 Å². The van der Waals surface area contributed by atoms with Crippen LogP contribution in [0.4, 0.5) is 0 Å². The van der Waals surface area contributed by atoms with Crippen LogP contribution in [0.1, 0.15) is 39.2 Å². The minimum atomic E-state index is 0.547. The summed E-state index contributed by atoms with van der Waals surface area (Å²) in [7, 11) is 3.37. The monoisotopic (exact) mass is 510 g/mol. The van der Waals surface area contributed by atoms with E-state index in [4.69, 9.17) is 18.9 Å². The highest BCUT2D eigenvalue weighted by molar-refractivity contribution is 9.10. The maximum Gasteiger partial charge on any atom is 0.161 e. The predicted molar refractivity (Wildman–Crippen MR) is 130 cm³/mol. The Balaban J connectivity index is 1.36. The summed E-state index contributed by atoms with van der Waals surface area (Å²) in [5.41, 5.74) is 1.79. The lowest BCUT2D eigenvalue weighted by atomic mass is 9.43. The van der Waals surface area contributed by atoms with Gasteiger partial charge in [-0.05, 0) is 54.1 Å². The van der Waals surface area contributed by atoms with E-state index in [1.165, 1.54) is 18.4 Å². The topological polar surface area (TPSA) is 36.9 Å². The first-order valence-electron chi connectivity index (χ1n) is 12.2. The molecule has 5 rings (SSSR count). The second-order valence-electron chi connectivity index (χ2n) is 10.9. The quantitative estimate of drug-likeness (QED) is 0.340. The van der Waals surface area contributed by atoms with Crippen LogP contribution >= 0.6 is 15.9 Å². The zero-order chi connectivity index (χ0) is 22.9. The zero-order valence-electron chi connectivity index (χ0n) is 20.5. The van der Waals surface area contributed by atoms with Crippen molar-refractivity contribution in [3.8, 4) is 11.5 Å². The molecule has 0 spiro atoms. The molecule has 3 saturated carbocycles. The molecule has 1 saturated heterocycles. The van der Waals surface area contributed by atoms with E-state index in [0.29, 0.717) is 5.41 Å². The van der Waals surface area contributed by atoms with Crippen LogP contribution < -0.4 is 9.47 Å². The molecule has 0 radical (unpaired) electrons. The Hall–Kier alpha value is -0.820. The lowest BCUT2D eigenvalue weighted by Crippen LogP contribution is -2.56. The summed E-state index contributed by atoms with van der Waals surface area (Å²) in [4.78, 5) is 0. The van der Waals surface area contributed by atoms with Gasteiger partial charge in [-0.2, -0.15) is 0 Å². The van der Waals surface area contributed by atoms with E-state index in [9.17, 15) is 0 Å². The minimum Gasteiger partial charge on any atom is -0.493 e. The van der Waals surface area contributed by atoms with Crippen LogP contribution in [0.2, 0.25) is 0 Å². The molecule has 32 heavy (non-hydrogen) atoms. The Bertz CT molecular complexity index is 792. The number of hydrogen-bond acceptors (Lipinski definition) is 4. The van der Waals surface area contributed by atoms with Crippen molar-refractivity contribution >= 4 is 15.9 Å². The predicted octanol–water partition coefficient (Wildman–Crippen LogP) is 5.15. The SMILES string of the molecule is COc1cc(Br)c(C[N+]2(CCOCC3C[C@H]4C[C@@H]([C@H]3C)C4(C)C)CCOCC2)cc1OC. The lowest BCUT2D eigenvalue weighted by molar-refractivity contribution is -0.947. The molecule has 1 aromatic rings. The van der Waals surface area contributed by atoms with Gasteiger partial charge in [-0.1, -0.05) is 36.7 Å². The van der Waals surface area contributed by atoms with Crippen LogP contribution in [0.3, 0.4) is 0 Å². The van der Waals surface area contributed by atoms with E-state index < -0.39 is 0 Å². The molecule has 1 heterocycles. The number of quaternary nitrogens is 1. The number of morpholine rings is 1. The van der Waals surface area contributed by atoms with Gasteiger partial charge in [-0.3, -0.25) is 0 Å². The van der Waals surface area contributed by atoms with Crippen LogP contribution in [0, 0.1) is 29.1 Å². The number of methoxy groups -OCH3 is 2. The van der Waals surface area contributed by atoms with Crippen molar-refractivity contribution < 1.29 is 23.4 Å². The number of ether oxygens (including phenoxy) is 4. The summed E-state index contributed by atoms with van der Waals surface area (Å²) >= 11 is 3.75. The maximum absolute atomic E-state index is 6.34. The van der Waals surface area contributed by atoms with E-state index in [2.05, 4.69) is 42.8 Å². The van der Waals surface area contributed by atoms with Crippen LogP contribution in [0.15, 0.2) is 16.6 Å². The first kappa shape index (κ1) is 24.3. The number of halogens is 1. The summed E-state index contributed by atoms with van der Waals surface area (Å²) in [5, 5.41) is 0. The Labute approximate surface area is 202 Å². The standard InChI is InChI=1S/C26H41BrNO4/c1-18-20(12-21-14-22(18)26(21,2)3)17-32-11-8-28(6-9-31-10-7-28)16-19-13-24(29-4)25(30-5)15-23(19)27/h13,15,18,20-22H,6-12,14,16-17H2,1-5H3/q+1/t18-,20?,21-,22-/m0/s1. The molecule has 1 unspecified atom stereocenters. The van der Waals surface area contributed by atoms with E-state index >= 15 is 0 Å². The van der Waals surface area contributed by atoms with Crippen molar-refractivity contribution in [2.24, 2.45) is 29.1 Å². The highest BCUT2D eigenvalue weighted by Gasteiger charge is 2.56. The smallest absolute Gasteiger partial charge is 0.161 e. The van der Waals surface area contributed by atoms with Crippen LogP contribution in [0.25, 0.3) is 0 Å². The molecule has 4 atom stereocenters. The fourth-order valence-electron chi connectivity index (χ4n) is 6.54. The van der Waals surface area contributed by atoms with E-state index in [-0.39, 0.29) is 0 Å². The third-order valence-corrected chi connectivity index (χ3v) is 9.77. The zero-order valence-corrected chi connectivity index (χ0v) is 22.1. The summed E-state index contributed by atoms with van der Waals surface area (Å²) in [6.45, 7) is 14.7. The van der Waals surface area contributed by atoms with Gasteiger partial charge < -0.3 is 23.4 Å². The van der Waals surface area contributed by atoms with E-state index in [1.54, 1.807) is 14.2 Å². The highest BCUT2D eigenvalue weighted by Crippen LogP contribution is 2.62. The number of rotatable bonds is 9. The van der Waals surface area contributed by atoms with Crippen LogP contribution in [-0.2, 0) is 16.0 Å². The first-order chi connectivity index (χ1) is 15.3. The molecule has 6 heteroatoms. The molecule has 4 aliphatic rings. The summed E-state index contributed by atoms with van der Waals surface area (Å²) in [6, 6.07) is 4.12. The summed E-state index contributed by atoms with van der Waals surface area (Å²) < 4.78 is 25.1. The average Bonchev–Trinajstić information content (AvgIpc) is 2.79. The van der Waals surface area contributed by atoms with Gasteiger partial charge in [-0.15, -0.1) is 0 Å². The van der Waals surface area contributed by atoms with Crippen LogP contribution in [0.5, 0.6) is 11.5 Å².